The lowest BCUT2D eigenvalue weighted by molar-refractivity contribution is -0.143. The highest BCUT2D eigenvalue weighted by atomic mass is 16.5. The lowest BCUT2D eigenvalue weighted by Gasteiger charge is -2.14. The zero-order chi connectivity index (χ0) is 9.42. The van der Waals surface area contributed by atoms with E-state index in [0.717, 1.165) is 6.42 Å². The Balaban J connectivity index is 2.10. The largest absolute Gasteiger partial charge is 0.468 e. The smallest absolute Gasteiger partial charge is 0.323 e. The molecular formula is C9H13NO3. The van der Waals surface area contributed by atoms with Crippen LogP contribution in [0.5, 0.6) is 0 Å². The number of esters is 1. The molecule has 1 N–H and O–H groups in total. The maximum atomic E-state index is 11.3. The highest BCUT2D eigenvalue weighted by Crippen LogP contribution is 2.35. The van der Waals surface area contributed by atoms with Gasteiger partial charge in [0, 0.05) is 18.9 Å². The van der Waals surface area contributed by atoms with Crippen LogP contribution in [0.15, 0.2) is 0 Å². The molecule has 0 unspecified atom stereocenters. The zero-order valence-electron chi connectivity index (χ0n) is 7.58. The summed E-state index contributed by atoms with van der Waals surface area (Å²) in [5.41, 5.74) is 0. The molecule has 0 aromatic rings. The lowest BCUT2D eigenvalue weighted by atomic mass is 9.94. The zero-order valence-corrected chi connectivity index (χ0v) is 7.58. The van der Waals surface area contributed by atoms with Gasteiger partial charge in [-0.25, -0.2) is 0 Å². The normalized spacial score (nSPS) is 37.6. The van der Waals surface area contributed by atoms with E-state index in [1.165, 1.54) is 7.11 Å². The first-order valence-corrected chi connectivity index (χ1v) is 4.58. The number of hydrogen-bond acceptors (Lipinski definition) is 4. The van der Waals surface area contributed by atoms with Crippen LogP contribution in [-0.2, 0) is 14.3 Å². The molecule has 13 heavy (non-hydrogen) atoms. The molecule has 0 amide bonds. The Morgan fingerprint density at radius 1 is 1.62 bits per heavy atom. The van der Waals surface area contributed by atoms with Gasteiger partial charge in [-0.15, -0.1) is 0 Å². The molecule has 1 aliphatic heterocycles. The standard InChI is InChI=1S/C9H13NO3/c1-13-9(12)8-5-2-3-7(11)6(5)4-10-8/h5-6,8,10H,2-4H2,1H3/t5-,6-,8-/m0/s1. The maximum Gasteiger partial charge on any atom is 0.323 e. The van der Waals surface area contributed by atoms with E-state index in [1.807, 2.05) is 0 Å². The fraction of sp³-hybridized carbons (Fsp3) is 0.778. The number of methoxy groups -OCH3 is 1. The van der Waals surface area contributed by atoms with Crippen LogP contribution in [0.4, 0.5) is 0 Å². The van der Waals surface area contributed by atoms with Crippen LogP contribution in [0, 0.1) is 11.8 Å². The van der Waals surface area contributed by atoms with E-state index in [2.05, 4.69) is 10.1 Å². The highest BCUT2D eigenvalue weighted by Gasteiger charge is 2.47. The Kier molecular flexibility index (Phi) is 2.07. The van der Waals surface area contributed by atoms with Gasteiger partial charge in [0.15, 0.2) is 0 Å². The van der Waals surface area contributed by atoms with Crippen LogP contribution in [0.2, 0.25) is 0 Å². The number of ether oxygens (including phenoxy) is 1. The van der Waals surface area contributed by atoms with Gasteiger partial charge in [0.05, 0.1) is 7.11 Å². The minimum atomic E-state index is -0.249. The van der Waals surface area contributed by atoms with E-state index in [4.69, 9.17) is 0 Å². The lowest BCUT2D eigenvalue weighted by Crippen LogP contribution is -2.36. The Morgan fingerprint density at radius 2 is 2.38 bits per heavy atom. The summed E-state index contributed by atoms with van der Waals surface area (Å²) >= 11 is 0. The average molecular weight is 183 g/mol. The summed E-state index contributed by atoms with van der Waals surface area (Å²) in [6.07, 6.45) is 1.46. The van der Waals surface area contributed by atoms with Crippen LogP contribution in [0.1, 0.15) is 12.8 Å². The molecule has 4 heteroatoms. The van der Waals surface area contributed by atoms with Crippen molar-refractivity contribution in [2.24, 2.45) is 11.8 Å². The molecule has 4 nitrogen and oxygen atoms in total. The molecule has 2 aliphatic rings. The van der Waals surface area contributed by atoms with Gasteiger partial charge in [-0.3, -0.25) is 9.59 Å². The van der Waals surface area contributed by atoms with Crippen LogP contribution >= 0.6 is 0 Å². The number of Topliss-reactive ketones (excluding diaryl/α,β-unsaturated/α-hetero) is 1. The number of rotatable bonds is 1. The number of carbonyl (C=O) groups is 2. The molecular weight excluding hydrogens is 170 g/mol. The van der Waals surface area contributed by atoms with Gasteiger partial charge in [-0.1, -0.05) is 0 Å². The molecule has 2 rings (SSSR count). The molecule has 0 aromatic heterocycles. The summed E-state index contributed by atoms with van der Waals surface area (Å²) in [5, 5.41) is 3.04. The van der Waals surface area contributed by atoms with Crippen molar-refractivity contribution in [1.82, 2.24) is 5.32 Å². The van der Waals surface area contributed by atoms with E-state index in [9.17, 15) is 9.59 Å². The molecule has 1 aliphatic carbocycles. The van der Waals surface area contributed by atoms with Crippen molar-refractivity contribution in [2.75, 3.05) is 13.7 Å². The molecule has 0 aromatic carbocycles. The van der Waals surface area contributed by atoms with Crippen molar-refractivity contribution in [3.05, 3.63) is 0 Å². The molecule has 72 valence electrons. The monoisotopic (exact) mass is 183 g/mol. The molecule has 0 spiro atoms. The predicted octanol–water partition coefficient (Wildman–Crippen LogP) is -0.274. The predicted molar refractivity (Wildman–Crippen MR) is 45.0 cm³/mol. The molecule has 0 bridgehead atoms. The molecule has 1 saturated carbocycles. The van der Waals surface area contributed by atoms with Crippen LogP contribution in [-0.4, -0.2) is 31.4 Å². The number of fused-ring (bicyclic) bond motifs is 1. The second-order valence-electron chi connectivity index (χ2n) is 3.68. The first-order chi connectivity index (χ1) is 6.24. The Bertz CT molecular complexity index is 251. The van der Waals surface area contributed by atoms with Gasteiger partial charge < -0.3 is 10.1 Å². The number of nitrogens with one attached hydrogen (secondary N) is 1. The summed E-state index contributed by atoms with van der Waals surface area (Å²) in [6.45, 7) is 0.642. The van der Waals surface area contributed by atoms with Crippen molar-refractivity contribution < 1.29 is 14.3 Å². The minimum Gasteiger partial charge on any atom is -0.468 e. The van der Waals surface area contributed by atoms with E-state index in [-0.39, 0.29) is 23.8 Å². The van der Waals surface area contributed by atoms with Crippen molar-refractivity contribution in [2.45, 2.75) is 18.9 Å². The highest BCUT2D eigenvalue weighted by molar-refractivity contribution is 5.87. The molecule has 2 fully saturated rings. The number of ketones is 1. The van der Waals surface area contributed by atoms with Gasteiger partial charge in [0.2, 0.25) is 0 Å². The summed E-state index contributed by atoms with van der Waals surface area (Å²) in [4.78, 5) is 22.6. The SMILES string of the molecule is COC(=O)[C@H]1NC[C@@H]2C(=O)CC[C@@H]21. The Hall–Kier alpha value is -0.900. The number of hydrogen-bond donors (Lipinski definition) is 1. The Morgan fingerprint density at radius 3 is 3.08 bits per heavy atom. The topological polar surface area (TPSA) is 55.4 Å². The first kappa shape index (κ1) is 8.69. The second kappa shape index (κ2) is 3.10. The summed E-state index contributed by atoms with van der Waals surface area (Å²) in [5.74, 6) is 0.301. The fourth-order valence-corrected chi connectivity index (χ4v) is 2.39. The minimum absolute atomic E-state index is 0.0594. The van der Waals surface area contributed by atoms with Gasteiger partial charge >= 0.3 is 5.97 Å². The van der Waals surface area contributed by atoms with Crippen LogP contribution in [0.25, 0.3) is 0 Å². The van der Waals surface area contributed by atoms with E-state index in [0.29, 0.717) is 18.7 Å². The quantitative estimate of drug-likeness (QED) is 0.568. The fourth-order valence-electron chi connectivity index (χ4n) is 2.39. The van der Waals surface area contributed by atoms with Crippen LogP contribution < -0.4 is 5.32 Å². The van der Waals surface area contributed by atoms with E-state index >= 15 is 0 Å². The van der Waals surface area contributed by atoms with Gasteiger partial charge in [0.1, 0.15) is 11.8 Å². The average Bonchev–Trinajstić information content (AvgIpc) is 2.68. The molecule has 3 atom stereocenters. The third-order valence-electron chi connectivity index (χ3n) is 3.10. The Labute approximate surface area is 76.6 Å². The van der Waals surface area contributed by atoms with Crippen molar-refractivity contribution in [1.29, 1.82) is 0 Å². The first-order valence-electron chi connectivity index (χ1n) is 4.58. The van der Waals surface area contributed by atoms with Crippen molar-refractivity contribution in [3.8, 4) is 0 Å². The van der Waals surface area contributed by atoms with Gasteiger partial charge in [-0.2, -0.15) is 0 Å². The third-order valence-corrected chi connectivity index (χ3v) is 3.10. The molecule has 1 saturated heterocycles. The maximum absolute atomic E-state index is 11.3. The van der Waals surface area contributed by atoms with E-state index < -0.39 is 0 Å². The third kappa shape index (κ3) is 1.25. The second-order valence-corrected chi connectivity index (χ2v) is 3.68. The van der Waals surface area contributed by atoms with Gasteiger partial charge in [0.25, 0.3) is 0 Å². The van der Waals surface area contributed by atoms with Crippen molar-refractivity contribution >= 4 is 11.8 Å². The van der Waals surface area contributed by atoms with E-state index in [1.54, 1.807) is 0 Å². The van der Waals surface area contributed by atoms with Crippen molar-refractivity contribution in [3.63, 3.8) is 0 Å². The summed E-state index contributed by atoms with van der Waals surface area (Å²) in [6, 6.07) is -0.249. The summed E-state index contributed by atoms with van der Waals surface area (Å²) < 4.78 is 4.66. The molecule has 0 radical (unpaired) electrons. The molecule has 1 heterocycles. The number of carbonyl (C=O) groups excluding carboxylic acids is 2. The van der Waals surface area contributed by atoms with Gasteiger partial charge in [-0.05, 0) is 12.3 Å². The summed E-state index contributed by atoms with van der Waals surface area (Å²) in [7, 11) is 1.38. The van der Waals surface area contributed by atoms with Crippen LogP contribution in [0.3, 0.4) is 0 Å².